The van der Waals surface area contributed by atoms with Crippen molar-refractivity contribution in [1.29, 1.82) is 0 Å². The second kappa shape index (κ2) is 7.05. The number of hydrogen-bond donors (Lipinski definition) is 1. The van der Waals surface area contributed by atoms with Crippen molar-refractivity contribution in [1.82, 2.24) is 4.98 Å². The summed E-state index contributed by atoms with van der Waals surface area (Å²) < 4.78 is 14.5. The summed E-state index contributed by atoms with van der Waals surface area (Å²) in [5.74, 6) is -0.467. The number of aromatic nitrogens is 1. The van der Waals surface area contributed by atoms with Crippen molar-refractivity contribution in [3.8, 4) is 11.3 Å². The molecular formula is C18H21FN4S. The van der Waals surface area contributed by atoms with Crippen molar-refractivity contribution in [2.45, 2.75) is 26.2 Å². The van der Waals surface area contributed by atoms with Crippen molar-refractivity contribution in [2.75, 3.05) is 12.8 Å². The Morgan fingerprint density at radius 3 is 2.67 bits per heavy atom. The largest absolute Gasteiger partial charge is 0.396 e. The first-order valence-electron chi connectivity index (χ1n) is 7.44. The maximum absolute atomic E-state index is 14.5. The zero-order valence-corrected chi connectivity index (χ0v) is 15.1. The predicted molar refractivity (Wildman–Crippen MR) is 102 cm³/mol. The first kappa shape index (κ1) is 18.0. The zero-order valence-electron chi connectivity index (χ0n) is 14.3. The third-order valence-corrected chi connectivity index (χ3v) is 4.87. The number of allylic oxidation sites excluding steroid dienone is 1. The predicted octanol–water partition coefficient (Wildman–Crippen LogP) is 4.46. The van der Waals surface area contributed by atoms with E-state index in [1.807, 2.05) is 0 Å². The van der Waals surface area contributed by atoms with Crippen LogP contribution in [0.25, 0.3) is 11.3 Å². The Morgan fingerprint density at radius 1 is 1.38 bits per heavy atom. The fourth-order valence-corrected chi connectivity index (χ4v) is 3.26. The van der Waals surface area contributed by atoms with Crippen LogP contribution in [0, 0.1) is 5.82 Å². The van der Waals surface area contributed by atoms with E-state index in [1.54, 1.807) is 31.5 Å². The molecule has 1 heterocycles. The van der Waals surface area contributed by atoms with E-state index in [0.717, 1.165) is 9.88 Å². The number of benzene rings is 1. The number of nitrogens with two attached hydrogens (primary N) is 1. The number of nitrogen functional groups attached to an aromatic ring is 1. The van der Waals surface area contributed by atoms with Gasteiger partial charge in [0.15, 0.2) is 5.82 Å². The summed E-state index contributed by atoms with van der Waals surface area (Å²) in [6, 6.07) is 4.93. The average molecular weight is 344 g/mol. The van der Waals surface area contributed by atoms with Gasteiger partial charge in [-0.05, 0) is 24.9 Å². The molecule has 0 aliphatic carbocycles. The Morgan fingerprint density at radius 2 is 2.08 bits per heavy atom. The third-order valence-electron chi connectivity index (χ3n) is 3.36. The normalized spacial score (nSPS) is 12.8. The molecule has 0 aliphatic heterocycles. The van der Waals surface area contributed by atoms with Crippen LogP contribution in [0.2, 0.25) is 0 Å². The standard InChI is InChI=1S/C18H21FN4S/c1-18(2,3)17-23-15(11-7-6-8-12(20)14(11)19)16(24-17)13(22-5)9-10-21-4/h6-10H,4,20H2,1-3,5H3/b10-9-,22-13+. The van der Waals surface area contributed by atoms with E-state index in [0.29, 0.717) is 17.0 Å². The molecule has 0 spiro atoms. The first-order chi connectivity index (χ1) is 11.3. The molecule has 0 saturated heterocycles. The minimum atomic E-state index is -0.467. The van der Waals surface area contributed by atoms with E-state index < -0.39 is 5.82 Å². The van der Waals surface area contributed by atoms with Crippen LogP contribution in [0.5, 0.6) is 0 Å². The topological polar surface area (TPSA) is 63.6 Å². The summed E-state index contributed by atoms with van der Waals surface area (Å²) in [4.78, 5) is 13.5. The van der Waals surface area contributed by atoms with Crippen LogP contribution >= 0.6 is 11.3 Å². The Hall–Kier alpha value is -2.34. The van der Waals surface area contributed by atoms with Gasteiger partial charge in [-0.15, -0.1) is 11.3 Å². The maximum Gasteiger partial charge on any atom is 0.155 e. The van der Waals surface area contributed by atoms with E-state index in [9.17, 15) is 4.39 Å². The summed E-state index contributed by atoms with van der Waals surface area (Å²) in [6.07, 6.45) is 3.29. The molecular weight excluding hydrogens is 323 g/mol. The number of rotatable bonds is 4. The highest BCUT2D eigenvalue weighted by Gasteiger charge is 2.25. The molecule has 0 fully saturated rings. The van der Waals surface area contributed by atoms with Gasteiger partial charge >= 0.3 is 0 Å². The van der Waals surface area contributed by atoms with Gasteiger partial charge in [0.1, 0.15) is 0 Å². The van der Waals surface area contributed by atoms with Gasteiger partial charge in [-0.25, -0.2) is 9.37 Å². The van der Waals surface area contributed by atoms with Gasteiger partial charge < -0.3 is 5.73 Å². The molecule has 2 aromatic rings. The second-order valence-electron chi connectivity index (χ2n) is 6.26. The van der Waals surface area contributed by atoms with Crippen LogP contribution in [0.15, 0.2) is 40.5 Å². The summed E-state index contributed by atoms with van der Waals surface area (Å²) in [5.41, 5.74) is 7.25. The highest BCUT2D eigenvalue weighted by molar-refractivity contribution is 7.14. The van der Waals surface area contributed by atoms with E-state index in [2.05, 4.69) is 37.5 Å². The summed E-state index contributed by atoms with van der Waals surface area (Å²) in [5, 5.41) is 0.899. The minimum Gasteiger partial charge on any atom is -0.396 e. The van der Waals surface area contributed by atoms with Crippen LogP contribution in [0.4, 0.5) is 10.1 Å². The SMILES string of the molecule is C=N/C=C\C(=N/C)c1sc(C(C)(C)C)nc1-c1cccc(N)c1F. The van der Waals surface area contributed by atoms with Gasteiger partial charge in [0, 0.05) is 24.2 Å². The van der Waals surface area contributed by atoms with Gasteiger partial charge in [0.2, 0.25) is 0 Å². The van der Waals surface area contributed by atoms with Crippen molar-refractivity contribution in [3.63, 3.8) is 0 Å². The number of halogens is 1. The molecule has 6 heteroatoms. The van der Waals surface area contributed by atoms with E-state index in [-0.39, 0.29) is 11.1 Å². The van der Waals surface area contributed by atoms with Gasteiger partial charge in [-0.1, -0.05) is 26.8 Å². The van der Waals surface area contributed by atoms with Gasteiger partial charge in [0.05, 0.1) is 27.0 Å². The highest BCUT2D eigenvalue weighted by Crippen LogP contribution is 2.37. The lowest BCUT2D eigenvalue weighted by Crippen LogP contribution is -2.10. The van der Waals surface area contributed by atoms with Crippen molar-refractivity contribution in [2.24, 2.45) is 9.98 Å². The molecule has 1 aromatic carbocycles. The van der Waals surface area contributed by atoms with Crippen molar-refractivity contribution < 1.29 is 4.39 Å². The fourth-order valence-electron chi connectivity index (χ4n) is 2.10. The van der Waals surface area contributed by atoms with Gasteiger partial charge in [0.25, 0.3) is 0 Å². The number of anilines is 1. The Labute approximate surface area is 145 Å². The van der Waals surface area contributed by atoms with Crippen molar-refractivity contribution >= 4 is 29.5 Å². The van der Waals surface area contributed by atoms with Crippen LogP contribution < -0.4 is 5.73 Å². The molecule has 24 heavy (non-hydrogen) atoms. The monoisotopic (exact) mass is 344 g/mol. The molecule has 4 nitrogen and oxygen atoms in total. The van der Waals surface area contributed by atoms with Crippen LogP contribution in [0.3, 0.4) is 0 Å². The van der Waals surface area contributed by atoms with E-state index in [1.165, 1.54) is 17.4 Å². The molecule has 126 valence electrons. The summed E-state index contributed by atoms with van der Waals surface area (Å²) in [7, 11) is 1.68. The minimum absolute atomic E-state index is 0.0991. The van der Waals surface area contributed by atoms with E-state index in [4.69, 9.17) is 10.7 Å². The summed E-state index contributed by atoms with van der Waals surface area (Å²) >= 11 is 1.50. The third kappa shape index (κ3) is 3.59. The molecule has 0 unspecified atom stereocenters. The number of thiazole rings is 1. The van der Waals surface area contributed by atoms with Gasteiger partial charge in [-0.2, -0.15) is 0 Å². The molecule has 0 amide bonds. The smallest absolute Gasteiger partial charge is 0.155 e. The molecule has 2 rings (SSSR count). The lowest BCUT2D eigenvalue weighted by atomic mass is 9.98. The van der Waals surface area contributed by atoms with E-state index >= 15 is 0 Å². The Kier molecular flexibility index (Phi) is 5.29. The maximum atomic E-state index is 14.5. The van der Waals surface area contributed by atoms with Crippen LogP contribution in [0.1, 0.15) is 30.7 Å². The average Bonchev–Trinajstić information content (AvgIpc) is 2.96. The number of nitrogens with zero attached hydrogens (tertiary/aromatic N) is 3. The number of hydrogen-bond acceptors (Lipinski definition) is 5. The quantitative estimate of drug-likeness (QED) is 0.657. The molecule has 1 aromatic heterocycles. The molecule has 2 N–H and O–H groups in total. The molecule has 0 aliphatic rings. The molecule has 0 radical (unpaired) electrons. The van der Waals surface area contributed by atoms with Crippen LogP contribution in [-0.4, -0.2) is 24.5 Å². The molecule has 0 bridgehead atoms. The number of aliphatic imine (C=N–C) groups is 2. The second-order valence-corrected chi connectivity index (χ2v) is 7.26. The first-order valence-corrected chi connectivity index (χ1v) is 8.26. The van der Waals surface area contributed by atoms with Crippen LogP contribution in [-0.2, 0) is 5.41 Å². The lowest BCUT2D eigenvalue weighted by Gasteiger charge is -2.13. The summed E-state index contributed by atoms with van der Waals surface area (Å²) in [6.45, 7) is 9.64. The Balaban J connectivity index is 2.74. The fraction of sp³-hybridized carbons (Fsp3) is 0.278. The molecule has 0 atom stereocenters. The van der Waals surface area contributed by atoms with Gasteiger partial charge in [-0.3, -0.25) is 9.98 Å². The highest BCUT2D eigenvalue weighted by atomic mass is 32.1. The zero-order chi connectivity index (χ0) is 17.9. The lowest BCUT2D eigenvalue weighted by molar-refractivity contribution is 0.585. The van der Waals surface area contributed by atoms with Crippen molar-refractivity contribution in [3.05, 3.63) is 46.2 Å². The Bertz CT molecular complexity index is 813. The molecule has 0 saturated carbocycles.